The summed E-state index contributed by atoms with van der Waals surface area (Å²) < 4.78 is 3.11. The van der Waals surface area contributed by atoms with E-state index >= 15 is 0 Å². The zero-order valence-corrected chi connectivity index (χ0v) is 20.7. The van der Waals surface area contributed by atoms with Crippen molar-refractivity contribution in [2.45, 2.75) is 31.3 Å². The number of nitrogens with two attached hydrogens (primary N) is 1. The first-order chi connectivity index (χ1) is 15.9. The second-order valence-corrected chi connectivity index (χ2v) is 11.2. The Labute approximate surface area is 203 Å². The summed E-state index contributed by atoms with van der Waals surface area (Å²) >= 11 is 4.47. The van der Waals surface area contributed by atoms with Crippen molar-refractivity contribution >= 4 is 61.3 Å². The first kappa shape index (κ1) is 22.1. The van der Waals surface area contributed by atoms with Gasteiger partial charge in [-0.05, 0) is 36.8 Å². The van der Waals surface area contributed by atoms with E-state index in [0.29, 0.717) is 21.6 Å². The molecule has 0 unspecified atom stereocenters. The third kappa shape index (κ3) is 4.18. The normalized spacial score (nSPS) is 15.5. The number of primary amides is 1. The van der Waals surface area contributed by atoms with Crippen molar-refractivity contribution in [2.75, 3.05) is 11.1 Å². The molecule has 1 aromatic carbocycles. The number of aromatic nitrogens is 3. The van der Waals surface area contributed by atoms with Gasteiger partial charge in [0.2, 0.25) is 5.91 Å². The summed E-state index contributed by atoms with van der Waals surface area (Å²) in [7, 11) is 1.90. The van der Waals surface area contributed by atoms with Gasteiger partial charge in [0.05, 0.1) is 11.3 Å². The molecule has 3 N–H and O–H groups in total. The predicted molar refractivity (Wildman–Crippen MR) is 135 cm³/mol. The van der Waals surface area contributed by atoms with Gasteiger partial charge in [0.25, 0.3) is 5.91 Å². The van der Waals surface area contributed by atoms with E-state index in [-0.39, 0.29) is 11.7 Å². The van der Waals surface area contributed by atoms with Gasteiger partial charge < -0.3 is 15.6 Å². The van der Waals surface area contributed by atoms with Crippen molar-refractivity contribution < 1.29 is 9.59 Å². The van der Waals surface area contributed by atoms with Crippen molar-refractivity contribution in [1.82, 2.24) is 14.8 Å². The highest BCUT2D eigenvalue weighted by Gasteiger charge is 2.27. The average molecular weight is 498 g/mol. The predicted octanol–water partition coefficient (Wildman–Crippen LogP) is 4.71. The molecular formula is C23H23N5O2S3. The summed E-state index contributed by atoms with van der Waals surface area (Å²) in [6.07, 6.45) is 2.78. The molecule has 1 aliphatic rings. The van der Waals surface area contributed by atoms with Gasteiger partial charge in [-0.1, -0.05) is 36.9 Å². The molecule has 0 saturated carbocycles. The number of hydrogen-bond acceptors (Lipinski definition) is 7. The van der Waals surface area contributed by atoms with Gasteiger partial charge in [-0.2, -0.15) is 0 Å². The van der Waals surface area contributed by atoms with Crippen LogP contribution in [0, 0.1) is 5.92 Å². The number of nitrogens with one attached hydrogen (secondary N) is 1. The summed E-state index contributed by atoms with van der Waals surface area (Å²) in [5.41, 5.74) is 8.18. The molecular weight excluding hydrogens is 474 g/mol. The molecule has 1 atom stereocenters. The van der Waals surface area contributed by atoms with E-state index in [4.69, 9.17) is 5.73 Å². The van der Waals surface area contributed by atoms with Crippen molar-refractivity contribution in [1.29, 1.82) is 0 Å². The maximum absolute atomic E-state index is 12.7. The Bertz CT molecular complexity index is 1370. The van der Waals surface area contributed by atoms with Crippen LogP contribution in [0.1, 0.15) is 34.1 Å². The molecule has 0 bridgehead atoms. The highest BCUT2D eigenvalue weighted by molar-refractivity contribution is 7.99. The van der Waals surface area contributed by atoms with Gasteiger partial charge in [-0.3, -0.25) is 9.59 Å². The minimum Gasteiger partial charge on any atom is -0.365 e. The van der Waals surface area contributed by atoms with Crippen molar-refractivity contribution in [3.05, 3.63) is 45.6 Å². The molecule has 3 aromatic heterocycles. The Balaban J connectivity index is 1.30. The van der Waals surface area contributed by atoms with Gasteiger partial charge in [0, 0.05) is 33.0 Å². The van der Waals surface area contributed by atoms with Crippen LogP contribution in [0.25, 0.3) is 21.5 Å². The maximum atomic E-state index is 12.7. The van der Waals surface area contributed by atoms with Crippen LogP contribution in [0.5, 0.6) is 0 Å². The quantitative estimate of drug-likeness (QED) is 0.376. The second kappa shape index (κ2) is 8.92. The van der Waals surface area contributed by atoms with E-state index in [1.54, 1.807) is 11.3 Å². The van der Waals surface area contributed by atoms with E-state index in [9.17, 15) is 9.59 Å². The topological polar surface area (TPSA) is 103 Å². The fourth-order valence-corrected chi connectivity index (χ4v) is 7.30. The molecule has 4 aromatic rings. The minimum atomic E-state index is -0.481. The van der Waals surface area contributed by atoms with E-state index in [0.717, 1.165) is 46.5 Å². The molecule has 0 saturated heterocycles. The lowest BCUT2D eigenvalue weighted by Crippen LogP contribution is -2.20. The summed E-state index contributed by atoms with van der Waals surface area (Å²) in [5.74, 6) is 0.826. The fourth-order valence-electron chi connectivity index (χ4n) is 4.22. The van der Waals surface area contributed by atoms with Crippen LogP contribution in [0.4, 0.5) is 5.00 Å². The lowest BCUT2D eigenvalue weighted by Gasteiger charge is -2.18. The Hall–Kier alpha value is -2.69. The number of fused-ring (bicyclic) bond motifs is 2. The standard InChI is InChI=1S/C23H23N5O2S3/c1-12-7-8-14-17(9-12)33-22(19(14)20(24)30)25-18(29)11-32-23-27-26-21(28(23)2)15-10-31-16-6-4-3-5-13(15)16/h3-6,10,12H,7-9,11H2,1-2H3,(H2,24,30)(H,25,29)/t12-/m1/s1. The first-order valence-corrected chi connectivity index (χ1v) is 13.3. The Morgan fingerprint density at radius 2 is 2.12 bits per heavy atom. The van der Waals surface area contributed by atoms with Crippen molar-refractivity contribution in [3.8, 4) is 11.4 Å². The zero-order valence-electron chi connectivity index (χ0n) is 18.3. The van der Waals surface area contributed by atoms with Crippen LogP contribution in [0.3, 0.4) is 0 Å². The number of carbonyl (C=O) groups is 2. The molecule has 2 amide bonds. The van der Waals surface area contributed by atoms with Crippen LogP contribution in [0.15, 0.2) is 34.8 Å². The summed E-state index contributed by atoms with van der Waals surface area (Å²) in [4.78, 5) is 26.0. The number of thiophene rings is 2. The largest absolute Gasteiger partial charge is 0.365 e. The van der Waals surface area contributed by atoms with Gasteiger partial charge >= 0.3 is 0 Å². The summed E-state index contributed by atoms with van der Waals surface area (Å²) in [5, 5.41) is 16.0. The van der Waals surface area contributed by atoms with E-state index < -0.39 is 5.91 Å². The van der Waals surface area contributed by atoms with E-state index in [1.165, 1.54) is 27.8 Å². The maximum Gasteiger partial charge on any atom is 0.251 e. The number of rotatable bonds is 6. The van der Waals surface area contributed by atoms with Crippen LogP contribution in [0.2, 0.25) is 0 Å². The molecule has 170 valence electrons. The minimum absolute atomic E-state index is 0.160. The second-order valence-electron chi connectivity index (χ2n) is 8.27. The molecule has 0 radical (unpaired) electrons. The molecule has 33 heavy (non-hydrogen) atoms. The smallest absolute Gasteiger partial charge is 0.251 e. The van der Waals surface area contributed by atoms with Gasteiger partial charge in [-0.15, -0.1) is 32.9 Å². The molecule has 10 heteroatoms. The van der Waals surface area contributed by atoms with Crippen molar-refractivity contribution in [3.63, 3.8) is 0 Å². The molecule has 5 rings (SSSR count). The number of nitrogens with zero attached hydrogens (tertiary/aromatic N) is 3. The number of carbonyl (C=O) groups excluding carboxylic acids is 2. The third-order valence-corrected chi connectivity index (χ3v) is 9.05. The number of amides is 2. The van der Waals surface area contributed by atoms with Gasteiger partial charge in [0.15, 0.2) is 11.0 Å². The lowest BCUT2D eigenvalue weighted by molar-refractivity contribution is -0.113. The van der Waals surface area contributed by atoms with Crippen LogP contribution >= 0.6 is 34.4 Å². The van der Waals surface area contributed by atoms with Gasteiger partial charge in [0.1, 0.15) is 5.00 Å². The van der Waals surface area contributed by atoms with Crippen LogP contribution < -0.4 is 11.1 Å². The molecule has 7 nitrogen and oxygen atoms in total. The van der Waals surface area contributed by atoms with E-state index in [2.05, 4.69) is 40.0 Å². The number of anilines is 1. The Kier molecular flexibility index (Phi) is 5.98. The highest BCUT2D eigenvalue weighted by atomic mass is 32.2. The zero-order chi connectivity index (χ0) is 23.1. The third-order valence-electron chi connectivity index (χ3n) is 5.90. The Morgan fingerprint density at radius 1 is 1.30 bits per heavy atom. The number of hydrogen-bond donors (Lipinski definition) is 2. The number of thioether (sulfide) groups is 1. The lowest BCUT2D eigenvalue weighted by atomic mass is 9.88. The first-order valence-electron chi connectivity index (χ1n) is 10.6. The van der Waals surface area contributed by atoms with Crippen LogP contribution in [-0.2, 0) is 24.7 Å². The Morgan fingerprint density at radius 3 is 2.94 bits per heavy atom. The average Bonchev–Trinajstić information content (AvgIpc) is 3.46. The highest BCUT2D eigenvalue weighted by Crippen LogP contribution is 2.39. The molecule has 3 heterocycles. The molecule has 0 fully saturated rings. The monoisotopic (exact) mass is 497 g/mol. The van der Waals surface area contributed by atoms with Gasteiger partial charge in [-0.25, -0.2) is 0 Å². The number of benzene rings is 1. The SMILES string of the molecule is C[C@@H]1CCc2c(sc(NC(=O)CSc3nnc(-c4csc5ccccc45)n3C)c2C(N)=O)C1. The van der Waals surface area contributed by atoms with E-state index in [1.807, 2.05) is 23.7 Å². The summed E-state index contributed by atoms with van der Waals surface area (Å²) in [6.45, 7) is 2.20. The molecule has 0 spiro atoms. The van der Waals surface area contributed by atoms with Crippen LogP contribution in [-0.4, -0.2) is 32.3 Å². The fraction of sp³-hybridized carbons (Fsp3) is 0.304. The molecule has 1 aliphatic carbocycles. The van der Waals surface area contributed by atoms with Crippen molar-refractivity contribution in [2.24, 2.45) is 18.7 Å². The molecule has 0 aliphatic heterocycles. The summed E-state index contributed by atoms with van der Waals surface area (Å²) in [6, 6.07) is 8.20.